The first-order chi connectivity index (χ1) is 6.65. The molecule has 0 aliphatic heterocycles. The maximum absolute atomic E-state index is 12.7. The molecule has 3 nitrogen and oxygen atoms in total. The van der Waals surface area contributed by atoms with Crippen molar-refractivity contribution in [2.75, 3.05) is 0 Å². The van der Waals surface area contributed by atoms with Gasteiger partial charge in [-0.15, -0.1) is 6.42 Å². The predicted octanol–water partition coefficient (Wildman–Crippen LogP) is 1.09. The van der Waals surface area contributed by atoms with E-state index in [1.54, 1.807) is 18.1 Å². The lowest BCUT2D eigenvalue weighted by atomic mass is 10.2. The number of halogens is 1. The van der Waals surface area contributed by atoms with Crippen molar-refractivity contribution < 1.29 is 13.9 Å². The molecule has 1 atom stereocenters. The summed E-state index contributed by atoms with van der Waals surface area (Å²) in [6.45, 7) is 0. The van der Waals surface area contributed by atoms with Crippen LogP contribution in [0.25, 0.3) is 0 Å². The van der Waals surface area contributed by atoms with Crippen LogP contribution >= 0.6 is 0 Å². The normalized spacial score (nSPS) is 11.4. The summed E-state index contributed by atoms with van der Waals surface area (Å²) in [7, 11) is 0. The van der Waals surface area contributed by atoms with Gasteiger partial charge >= 0.3 is 6.36 Å². The number of primary amides is 1. The molecule has 1 unspecified atom stereocenters. The van der Waals surface area contributed by atoms with E-state index in [0.29, 0.717) is 0 Å². The van der Waals surface area contributed by atoms with Crippen molar-refractivity contribution in [2.24, 2.45) is 5.73 Å². The van der Waals surface area contributed by atoms with Gasteiger partial charge in [-0.25, -0.2) is 0 Å². The van der Waals surface area contributed by atoms with Gasteiger partial charge in [-0.3, -0.25) is 4.79 Å². The first kappa shape index (κ1) is 10.1. The van der Waals surface area contributed by atoms with Crippen LogP contribution in [0.2, 0.25) is 0 Å². The summed E-state index contributed by atoms with van der Waals surface area (Å²) in [6, 6.07) is 6.03. The highest BCUT2D eigenvalue weighted by atomic mass is 19.1. The third kappa shape index (κ3) is 2.23. The van der Waals surface area contributed by atoms with E-state index in [9.17, 15) is 9.18 Å². The number of hydrogen-bond acceptors (Lipinski definition) is 2. The highest BCUT2D eigenvalue weighted by Crippen LogP contribution is 2.18. The van der Waals surface area contributed by atoms with Gasteiger partial charge in [0, 0.05) is 0 Å². The first-order valence-electron chi connectivity index (χ1n) is 3.81. The molecular formula is C10H8FNO2. The molecule has 2 N–H and O–H groups in total. The van der Waals surface area contributed by atoms with Crippen molar-refractivity contribution in [1.82, 2.24) is 0 Å². The summed E-state index contributed by atoms with van der Waals surface area (Å²) in [5.74, 6) is 1.10. The molecule has 0 saturated heterocycles. The van der Waals surface area contributed by atoms with Crippen LogP contribution < -0.4 is 10.5 Å². The SMILES string of the molecule is C#CC(F)Oc1ccccc1C(N)=O. The van der Waals surface area contributed by atoms with Crippen molar-refractivity contribution in [1.29, 1.82) is 0 Å². The second kappa shape index (κ2) is 4.28. The molecule has 1 amide bonds. The van der Waals surface area contributed by atoms with Crippen molar-refractivity contribution in [3.05, 3.63) is 29.8 Å². The fraction of sp³-hybridized carbons (Fsp3) is 0.100. The number of benzene rings is 1. The third-order valence-corrected chi connectivity index (χ3v) is 1.51. The van der Waals surface area contributed by atoms with E-state index in [0.717, 1.165) is 0 Å². The highest BCUT2D eigenvalue weighted by Gasteiger charge is 2.11. The summed E-state index contributed by atoms with van der Waals surface area (Å²) in [4.78, 5) is 10.9. The number of amides is 1. The number of para-hydroxylation sites is 1. The largest absolute Gasteiger partial charge is 0.449 e. The Bertz CT molecular complexity index is 384. The monoisotopic (exact) mass is 193 g/mol. The van der Waals surface area contributed by atoms with E-state index in [1.165, 1.54) is 12.1 Å². The van der Waals surface area contributed by atoms with Gasteiger partial charge in [-0.2, -0.15) is 4.39 Å². The van der Waals surface area contributed by atoms with Gasteiger partial charge in [0.15, 0.2) is 0 Å². The minimum atomic E-state index is -1.88. The Balaban J connectivity index is 2.97. The molecule has 72 valence electrons. The molecule has 14 heavy (non-hydrogen) atoms. The van der Waals surface area contributed by atoms with E-state index in [2.05, 4.69) is 4.74 Å². The van der Waals surface area contributed by atoms with Crippen molar-refractivity contribution in [3.8, 4) is 18.1 Å². The summed E-state index contributed by atoms with van der Waals surface area (Å²) in [6.07, 6.45) is 2.90. The average molecular weight is 193 g/mol. The molecule has 0 bridgehead atoms. The van der Waals surface area contributed by atoms with Crippen LogP contribution in [0.1, 0.15) is 10.4 Å². The molecule has 1 aromatic rings. The molecule has 4 heteroatoms. The summed E-state index contributed by atoms with van der Waals surface area (Å²) < 4.78 is 17.3. The van der Waals surface area contributed by atoms with Gasteiger partial charge in [-0.1, -0.05) is 12.1 Å². The van der Waals surface area contributed by atoms with Gasteiger partial charge < -0.3 is 10.5 Å². The number of ether oxygens (including phenoxy) is 1. The number of terminal acetylenes is 1. The van der Waals surface area contributed by atoms with Crippen LogP contribution in [-0.2, 0) is 0 Å². The maximum Gasteiger partial charge on any atom is 0.301 e. The standard InChI is InChI=1S/C10H8FNO2/c1-2-9(11)14-8-6-4-3-5-7(8)10(12)13/h1,3-6,9H,(H2,12,13). The fourth-order valence-corrected chi connectivity index (χ4v) is 0.918. The predicted molar refractivity (Wildman–Crippen MR) is 49.3 cm³/mol. The fourth-order valence-electron chi connectivity index (χ4n) is 0.918. The molecule has 0 aliphatic carbocycles. The number of hydrogen-bond donors (Lipinski definition) is 1. The molecule has 1 rings (SSSR count). The summed E-state index contributed by atoms with van der Waals surface area (Å²) >= 11 is 0. The lowest BCUT2D eigenvalue weighted by molar-refractivity contribution is 0.0975. The first-order valence-corrected chi connectivity index (χ1v) is 3.81. The Kier molecular flexibility index (Phi) is 3.08. The minimum Gasteiger partial charge on any atom is -0.449 e. The van der Waals surface area contributed by atoms with E-state index in [-0.39, 0.29) is 11.3 Å². The number of alkyl halides is 1. The molecule has 0 radical (unpaired) electrons. The Morgan fingerprint density at radius 2 is 2.21 bits per heavy atom. The van der Waals surface area contributed by atoms with Crippen molar-refractivity contribution in [3.63, 3.8) is 0 Å². The maximum atomic E-state index is 12.7. The van der Waals surface area contributed by atoms with Crippen LogP contribution in [0.5, 0.6) is 5.75 Å². The molecule has 0 heterocycles. The zero-order chi connectivity index (χ0) is 10.6. The zero-order valence-corrected chi connectivity index (χ0v) is 7.24. The zero-order valence-electron chi connectivity index (χ0n) is 7.24. The molecule has 1 aromatic carbocycles. The quantitative estimate of drug-likeness (QED) is 0.730. The van der Waals surface area contributed by atoms with Gasteiger partial charge in [0.25, 0.3) is 5.91 Å². The van der Waals surface area contributed by atoms with Gasteiger partial charge in [0.2, 0.25) is 0 Å². The molecule has 0 spiro atoms. The van der Waals surface area contributed by atoms with Crippen LogP contribution in [0.3, 0.4) is 0 Å². The third-order valence-electron chi connectivity index (χ3n) is 1.51. The van der Waals surface area contributed by atoms with Crippen LogP contribution in [0.15, 0.2) is 24.3 Å². The number of carbonyl (C=O) groups is 1. The second-order valence-electron chi connectivity index (χ2n) is 2.46. The summed E-state index contributed by atoms with van der Waals surface area (Å²) in [5, 5.41) is 0. The van der Waals surface area contributed by atoms with Crippen LogP contribution in [-0.4, -0.2) is 12.3 Å². The number of nitrogens with two attached hydrogens (primary N) is 1. The molecule has 0 aromatic heterocycles. The number of rotatable bonds is 3. The van der Waals surface area contributed by atoms with E-state index in [1.807, 2.05) is 0 Å². The lowest BCUT2D eigenvalue weighted by Gasteiger charge is -2.08. The average Bonchev–Trinajstić information content (AvgIpc) is 2.18. The van der Waals surface area contributed by atoms with E-state index in [4.69, 9.17) is 12.2 Å². The van der Waals surface area contributed by atoms with E-state index < -0.39 is 12.3 Å². The van der Waals surface area contributed by atoms with Crippen molar-refractivity contribution >= 4 is 5.91 Å². The molecule has 0 aliphatic rings. The Morgan fingerprint density at radius 1 is 1.57 bits per heavy atom. The van der Waals surface area contributed by atoms with Crippen LogP contribution in [0.4, 0.5) is 4.39 Å². The van der Waals surface area contributed by atoms with Gasteiger partial charge in [0.05, 0.1) is 5.56 Å². The molecule has 0 fully saturated rings. The Hall–Kier alpha value is -2.02. The smallest absolute Gasteiger partial charge is 0.301 e. The second-order valence-corrected chi connectivity index (χ2v) is 2.46. The molecular weight excluding hydrogens is 185 g/mol. The van der Waals surface area contributed by atoms with Gasteiger partial charge in [-0.05, 0) is 18.1 Å². The summed E-state index contributed by atoms with van der Waals surface area (Å²) in [5.41, 5.74) is 5.14. The topological polar surface area (TPSA) is 52.3 Å². The Morgan fingerprint density at radius 3 is 2.79 bits per heavy atom. The lowest BCUT2D eigenvalue weighted by Crippen LogP contribution is -2.15. The van der Waals surface area contributed by atoms with Crippen molar-refractivity contribution in [2.45, 2.75) is 6.36 Å². The van der Waals surface area contributed by atoms with Gasteiger partial charge in [0.1, 0.15) is 5.75 Å². The Labute approximate surface area is 80.7 Å². The molecule has 0 saturated carbocycles. The number of carbonyl (C=O) groups excluding carboxylic acids is 1. The minimum absolute atomic E-state index is 0.0467. The highest BCUT2D eigenvalue weighted by molar-refractivity contribution is 5.95. The van der Waals surface area contributed by atoms with E-state index >= 15 is 0 Å². The van der Waals surface area contributed by atoms with Crippen LogP contribution in [0, 0.1) is 12.3 Å².